The molecule has 21 heavy (non-hydrogen) atoms. The molecule has 2 rings (SSSR count). The molecule has 2 amide bonds. The van der Waals surface area contributed by atoms with Gasteiger partial charge in [0.2, 0.25) is 0 Å². The van der Waals surface area contributed by atoms with E-state index < -0.39 is 5.97 Å². The Hall–Kier alpha value is -2.24. The zero-order valence-corrected chi connectivity index (χ0v) is 12.2. The van der Waals surface area contributed by atoms with Crippen molar-refractivity contribution in [3.63, 3.8) is 0 Å². The van der Waals surface area contributed by atoms with E-state index in [1.165, 1.54) is 25.3 Å². The maximum absolute atomic E-state index is 11.8. The van der Waals surface area contributed by atoms with Crippen LogP contribution < -0.4 is 15.4 Å². The highest BCUT2D eigenvalue weighted by Crippen LogP contribution is 2.47. The molecule has 114 valence electrons. The number of urea groups is 1. The van der Waals surface area contributed by atoms with Crippen LogP contribution in [-0.2, 0) is 0 Å². The number of carbonyl (C=O) groups excluding carboxylic acids is 1. The van der Waals surface area contributed by atoms with Crippen molar-refractivity contribution >= 4 is 17.7 Å². The monoisotopic (exact) mass is 292 g/mol. The molecule has 0 spiro atoms. The summed E-state index contributed by atoms with van der Waals surface area (Å²) in [5, 5.41) is 14.5. The van der Waals surface area contributed by atoms with Gasteiger partial charge in [-0.2, -0.15) is 0 Å². The predicted octanol–water partition coefficient (Wildman–Crippen LogP) is 2.71. The normalized spacial score (nSPS) is 15.1. The molecule has 0 bridgehead atoms. The summed E-state index contributed by atoms with van der Waals surface area (Å²) >= 11 is 0. The molecule has 0 unspecified atom stereocenters. The average molecular weight is 292 g/mol. The topological polar surface area (TPSA) is 87.7 Å². The summed E-state index contributed by atoms with van der Waals surface area (Å²) in [7, 11) is 1.39. The van der Waals surface area contributed by atoms with Crippen molar-refractivity contribution in [3.05, 3.63) is 23.8 Å². The summed E-state index contributed by atoms with van der Waals surface area (Å²) in [5.41, 5.74) is 0.837. The van der Waals surface area contributed by atoms with Gasteiger partial charge in [-0.15, -0.1) is 0 Å². The fraction of sp³-hybridized carbons (Fsp3) is 0.467. The number of hydrogen-bond donors (Lipinski definition) is 3. The van der Waals surface area contributed by atoms with Crippen LogP contribution in [0.2, 0.25) is 0 Å². The first-order valence-corrected chi connectivity index (χ1v) is 6.96. The molecule has 1 fully saturated rings. The Labute approximate surface area is 123 Å². The van der Waals surface area contributed by atoms with Crippen LogP contribution in [0.15, 0.2) is 18.2 Å². The second-order valence-corrected chi connectivity index (χ2v) is 5.38. The Morgan fingerprint density at radius 3 is 2.62 bits per heavy atom. The Kier molecular flexibility index (Phi) is 4.35. The van der Waals surface area contributed by atoms with Crippen LogP contribution in [0.5, 0.6) is 5.75 Å². The lowest BCUT2D eigenvalue weighted by atomic mass is 10.0. The predicted molar refractivity (Wildman–Crippen MR) is 78.9 cm³/mol. The van der Waals surface area contributed by atoms with E-state index in [0.717, 1.165) is 19.3 Å². The van der Waals surface area contributed by atoms with Crippen molar-refractivity contribution in [3.8, 4) is 5.75 Å². The second kappa shape index (κ2) is 6.03. The van der Waals surface area contributed by atoms with Crippen molar-refractivity contribution in [1.82, 2.24) is 5.32 Å². The Balaban J connectivity index is 1.96. The zero-order valence-electron chi connectivity index (χ0n) is 12.2. The van der Waals surface area contributed by atoms with Gasteiger partial charge in [0.15, 0.2) is 0 Å². The molecular weight excluding hydrogens is 272 g/mol. The minimum Gasteiger partial charge on any atom is -0.496 e. The quantitative estimate of drug-likeness (QED) is 0.752. The summed E-state index contributed by atoms with van der Waals surface area (Å²) in [4.78, 5) is 22.8. The lowest BCUT2D eigenvalue weighted by Gasteiger charge is -2.14. The molecule has 3 N–H and O–H groups in total. The third kappa shape index (κ3) is 3.65. The van der Waals surface area contributed by atoms with Gasteiger partial charge in [-0.05, 0) is 36.8 Å². The number of amides is 2. The van der Waals surface area contributed by atoms with E-state index in [1.807, 2.05) is 0 Å². The lowest BCUT2D eigenvalue weighted by molar-refractivity contribution is 0.0693. The Bertz CT molecular complexity index is 553. The third-order valence-corrected chi connectivity index (χ3v) is 4.02. The zero-order chi connectivity index (χ0) is 15.5. The van der Waals surface area contributed by atoms with Gasteiger partial charge in [-0.3, -0.25) is 0 Å². The number of ether oxygens (including phenoxy) is 1. The van der Waals surface area contributed by atoms with Gasteiger partial charge in [0.1, 0.15) is 11.3 Å². The van der Waals surface area contributed by atoms with Crippen LogP contribution in [-0.4, -0.2) is 30.8 Å². The van der Waals surface area contributed by atoms with Crippen molar-refractivity contribution < 1.29 is 19.4 Å². The summed E-state index contributed by atoms with van der Waals surface area (Å²) in [6.07, 6.45) is 3.38. The number of carbonyl (C=O) groups is 2. The largest absolute Gasteiger partial charge is 0.496 e. The van der Waals surface area contributed by atoms with E-state index in [-0.39, 0.29) is 22.8 Å². The van der Waals surface area contributed by atoms with Gasteiger partial charge in [0.05, 0.1) is 7.11 Å². The van der Waals surface area contributed by atoms with E-state index in [0.29, 0.717) is 12.2 Å². The molecule has 0 atom stereocenters. The fourth-order valence-electron chi connectivity index (χ4n) is 2.22. The minimum atomic E-state index is -1.07. The molecule has 1 aromatic rings. The number of rotatable bonds is 6. The van der Waals surface area contributed by atoms with Gasteiger partial charge >= 0.3 is 12.0 Å². The molecule has 6 nitrogen and oxygen atoms in total. The number of methoxy groups -OCH3 is 1. The van der Waals surface area contributed by atoms with Crippen LogP contribution in [0.3, 0.4) is 0 Å². The second-order valence-electron chi connectivity index (χ2n) is 5.38. The number of hydrogen-bond acceptors (Lipinski definition) is 3. The Morgan fingerprint density at radius 2 is 2.10 bits per heavy atom. The summed E-state index contributed by atoms with van der Waals surface area (Å²) < 4.78 is 5.02. The van der Waals surface area contributed by atoms with Crippen molar-refractivity contribution in [2.24, 2.45) is 5.41 Å². The van der Waals surface area contributed by atoms with E-state index in [2.05, 4.69) is 17.6 Å². The molecule has 1 aliphatic rings. The lowest BCUT2D eigenvalue weighted by Crippen LogP contribution is -2.33. The average Bonchev–Trinajstić information content (AvgIpc) is 3.25. The van der Waals surface area contributed by atoms with Gasteiger partial charge in [-0.25, -0.2) is 9.59 Å². The highest BCUT2D eigenvalue weighted by Gasteiger charge is 2.40. The summed E-state index contributed by atoms with van der Waals surface area (Å²) in [6, 6.07) is 4.15. The minimum absolute atomic E-state index is 0.0615. The number of aromatic carboxylic acids is 1. The number of carboxylic acid groups (broad SMARTS) is 1. The van der Waals surface area contributed by atoms with E-state index >= 15 is 0 Å². The fourth-order valence-corrected chi connectivity index (χ4v) is 2.22. The van der Waals surface area contributed by atoms with Crippen LogP contribution in [0.25, 0.3) is 0 Å². The highest BCUT2D eigenvalue weighted by atomic mass is 16.5. The molecular formula is C15H20N2O4. The van der Waals surface area contributed by atoms with E-state index in [4.69, 9.17) is 9.84 Å². The van der Waals surface area contributed by atoms with Gasteiger partial charge in [0.25, 0.3) is 0 Å². The molecule has 1 aliphatic carbocycles. The molecule has 0 radical (unpaired) electrons. The smallest absolute Gasteiger partial charge is 0.339 e. The number of carboxylic acids is 1. The van der Waals surface area contributed by atoms with E-state index in [1.54, 1.807) is 0 Å². The van der Waals surface area contributed by atoms with Crippen LogP contribution in [0.4, 0.5) is 10.5 Å². The van der Waals surface area contributed by atoms with Crippen LogP contribution >= 0.6 is 0 Å². The van der Waals surface area contributed by atoms with Crippen molar-refractivity contribution in [1.29, 1.82) is 0 Å². The molecule has 6 heteroatoms. The van der Waals surface area contributed by atoms with Crippen LogP contribution in [0.1, 0.15) is 36.5 Å². The maximum Gasteiger partial charge on any atom is 0.339 e. The molecule has 1 aromatic carbocycles. The standard InChI is InChI=1S/C15H20N2O4/c1-3-15(6-7-15)9-16-14(20)17-10-4-5-11(13(18)19)12(8-10)21-2/h4-5,8H,3,6-7,9H2,1-2H3,(H,18,19)(H2,16,17,20). The molecule has 0 aliphatic heterocycles. The first-order valence-electron chi connectivity index (χ1n) is 6.96. The highest BCUT2D eigenvalue weighted by molar-refractivity contribution is 5.94. The van der Waals surface area contributed by atoms with Gasteiger partial charge in [0, 0.05) is 18.3 Å². The van der Waals surface area contributed by atoms with E-state index in [9.17, 15) is 9.59 Å². The summed E-state index contributed by atoms with van der Waals surface area (Å²) in [5.74, 6) is -0.853. The van der Waals surface area contributed by atoms with Crippen molar-refractivity contribution in [2.45, 2.75) is 26.2 Å². The number of nitrogens with one attached hydrogen (secondary N) is 2. The molecule has 0 heterocycles. The van der Waals surface area contributed by atoms with Gasteiger partial charge in [-0.1, -0.05) is 6.92 Å². The number of benzene rings is 1. The molecule has 0 saturated heterocycles. The molecule has 1 saturated carbocycles. The van der Waals surface area contributed by atoms with Crippen LogP contribution in [0, 0.1) is 5.41 Å². The Morgan fingerprint density at radius 1 is 1.38 bits per heavy atom. The van der Waals surface area contributed by atoms with Gasteiger partial charge < -0.3 is 20.5 Å². The SMILES string of the molecule is CCC1(CNC(=O)Nc2ccc(C(=O)O)c(OC)c2)CC1. The maximum atomic E-state index is 11.8. The first-order chi connectivity index (χ1) is 9.99. The first kappa shape index (κ1) is 15.2. The van der Waals surface area contributed by atoms with Crippen molar-refractivity contribution in [2.75, 3.05) is 19.0 Å². The third-order valence-electron chi connectivity index (χ3n) is 4.02. The molecule has 0 aromatic heterocycles. The summed E-state index contributed by atoms with van der Waals surface area (Å²) in [6.45, 7) is 2.79. The number of anilines is 1.